The van der Waals surface area contributed by atoms with E-state index in [0.29, 0.717) is 18.8 Å². The van der Waals surface area contributed by atoms with Crippen LogP contribution in [0, 0.1) is 0 Å². The van der Waals surface area contributed by atoms with E-state index < -0.39 is 6.23 Å². The lowest BCUT2D eigenvalue weighted by Crippen LogP contribution is -2.21. The second-order valence-corrected chi connectivity index (χ2v) is 5.23. The number of anilines is 1. The topological polar surface area (TPSA) is 65.5 Å². The van der Waals surface area contributed by atoms with Gasteiger partial charge in [-0.05, 0) is 35.4 Å². The van der Waals surface area contributed by atoms with Gasteiger partial charge in [0.2, 0.25) is 5.91 Å². The average molecular weight is 283 g/mol. The molecular formula is C16H17N3O2. The van der Waals surface area contributed by atoms with Gasteiger partial charge < -0.3 is 10.4 Å². The fourth-order valence-electron chi connectivity index (χ4n) is 2.63. The molecule has 1 unspecified atom stereocenters. The first-order chi connectivity index (χ1) is 10.1. The Balaban J connectivity index is 1.78. The van der Waals surface area contributed by atoms with Crippen LogP contribution in [0.25, 0.3) is 0 Å². The Kier molecular flexibility index (Phi) is 3.68. The van der Waals surface area contributed by atoms with Crippen LogP contribution in [0.2, 0.25) is 0 Å². The SMILES string of the molecule is CC(=O)Nc1ccc2c(c1)C(O)N(Cc1ccncc1)C2. The van der Waals surface area contributed by atoms with Crippen molar-refractivity contribution in [2.24, 2.45) is 0 Å². The lowest BCUT2D eigenvalue weighted by Gasteiger charge is -2.20. The third-order valence-electron chi connectivity index (χ3n) is 3.60. The number of fused-ring (bicyclic) bond motifs is 1. The van der Waals surface area contributed by atoms with Crippen molar-refractivity contribution >= 4 is 11.6 Å². The van der Waals surface area contributed by atoms with Gasteiger partial charge in [0.25, 0.3) is 0 Å². The second-order valence-electron chi connectivity index (χ2n) is 5.23. The average Bonchev–Trinajstić information content (AvgIpc) is 2.76. The van der Waals surface area contributed by atoms with Gasteiger partial charge in [0.15, 0.2) is 0 Å². The standard InChI is InChI=1S/C16H17N3O2/c1-11(20)18-14-3-2-13-10-19(16(21)15(13)8-14)9-12-4-6-17-7-5-12/h2-8,16,21H,9-10H2,1H3,(H,18,20). The Morgan fingerprint density at radius 3 is 2.86 bits per heavy atom. The summed E-state index contributed by atoms with van der Waals surface area (Å²) in [5, 5.41) is 13.2. The van der Waals surface area contributed by atoms with Crippen molar-refractivity contribution in [3.05, 3.63) is 59.4 Å². The third-order valence-corrected chi connectivity index (χ3v) is 3.60. The van der Waals surface area contributed by atoms with E-state index in [9.17, 15) is 9.90 Å². The van der Waals surface area contributed by atoms with Gasteiger partial charge in [-0.1, -0.05) is 6.07 Å². The van der Waals surface area contributed by atoms with Gasteiger partial charge in [0.05, 0.1) is 0 Å². The van der Waals surface area contributed by atoms with Gasteiger partial charge in [-0.3, -0.25) is 14.7 Å². The van der Waals surface area contributed by atoms with E-state index in [1.54, 1.807) is 12.4 Å². The molecule has 5 heteroatoms. The molecule has 1 aromatic carbocycles. The predicted octanol–water partition coefficient (Wildman–Crippen LogP) is 2.05. The number of rotatable bonds is 3. The Morgan fingerprint density at radius 2 is 2.14 bits per heavy atom. The number of aliphatic hydroxyl groups is 1. The summed E-state index contributed by atoms with van der Waals surface area (Å²) in [6, 6.07) is 9.55. The molecule has 108 valence electrons. The summed E-state index contributed by atoms with van der Waals surface area (Å²) in [6.45, 7) is 2.83. The smallest absolute Gasteiger partial charge is 0.221 e. The molecule has 1 aliphatic rings. The van der Waals surface area contributed by atoms with Crippen molar-refractivity contribution < 1.29 is 9.90 Å². The number of pyridine rings is 1. The van der Waals surface area contributed by atoms with Gasteiger partial charge in [-0.15, -0.1) is 0 Å². The summed E-state index contributed by atoms with van der Waals surface area (Å²) >= 11 is 0. The van der Waals surface area contributed by atoms with Crippen molar-refractivity contribution in [2.45, 2.75) is 26.2 Å². The summed E-state index contributed by atoms with van der Waals surface area (Å²) < 4.78 is 0. The summed E-state index contributed by atoms with van der Waals surface area (Å²) in [7, 11) is 0. The maximum Gasteiger partial charge on any atom is 0.221 e. The zero-order chi connectivity index (χ0) is 14.8. The highest BCUT2D eigenvalue weighted by atomic mass is 16.3. The number of aliphatic hydroxyl groups excluding tert-OH is 1. The van der Waals surface area contributed by atoms with Gasteiger partial charge in [-0.25, -0.2) is 0 Å². The largest absolute Gasteiger partial charge is 0.374 e. The molecular weight excluding hydrogens is 266 g/mol. The monoisotopic (exact) mass is 283 g/mol. The Labute approximate surface area is 123 Å². The van der Waals surface area contributed by atoms with E-state index in [0.717, 1.165) is 16.7 Å². The van der Waals surface area contributed by atoms with E-state index in [1.165, 1.54) is 6.92 Å². The molecule has 0 saturated carbocycles. The fraction of sp³-hybridized carbons (Fsp3) is 0.250. The fourth-order valence-corrected chi connectivity index (χ4v) is 2.63. The summed E-state index contributed by atoms with van der Waals surface area (Å²) in [6.07, 6.45) is 2.85. The molecule has 0 aliphatic carbocycles. The van der Waals surface area contributed by atoms with E-state index in [4.69, 9.17) is 0 Å². The molecule has 2 N–H and O–H groups in total. The molecule has 0 saturated heterocycles. The molecule has 1 aliphatic heterocycles. The zero-order valence-corrected chi connectivity index (χ0v) is 11.8. The van der Waals surface area contributed by atoms with E-state index >= 15 is 0 Å². The van der Waals surface area contributed by atoms with Crippen LogP contribution in [0.15, 0.2) is 42.7 Å². The van der Waals surface area contributed by atoms with E-state index in [-0.39, 0.29) is 5.91 Å². The highest BCUT2D eigenvalue weighted by Crippen LogP contribution is 2.34. The lowest BCUT2D eigenvalue weighted by atomic mass is 10.1. The minimum absolute atomic E-state index is 0.115. The number of hydrogen-bond acceptors (Lipinski definition) is 4. The number of carbonyl (C=O) groups is 1. The number of benzene rings is 1. The molecule has 21 heavy (non-hydrogen) atoms. The normalized spacial score (nSPS) is 17.5. The third kappa shape index (κ3) is 2.94. The minimum atomic E-state index is -0.651. The Morgan fingerprint density at radius 1 is 1.38 bits per heavy atom. The molecule has 1 atom stereocenters. The van der Waals surface area contributed by atoms with Crippen molar-refractivity contribution in [3.63, 3.8) is 0 Å². The number of hydrogen-bond donors (Lipinski definition) is 2. The number of carbonyl (C=O) groups excluding carboxylic acids is 1. The van der Waals surface area contributed by atoms with E-state index in [1.807, 2.05) is 35.2 Å². The summed E-state index contributed by atoms with van der Waals surface area (Å²) in [4.78, 5) is 17.1. The van der Waals surface area contributed by atoms with Crippen LogP contribution in [-0.2, 0) is 17.9 Å². The van der Waals surface area contributed by atoms with Crippen LogP contribution in [0.5, 0.6) is 0 Å². The maximum absolute atomic E-state index is 11.1. The number of nitrogens with one attached hydrogen (secondary N) is 1. The first kappa shape index (κ1) is 13.7. The molecule has 1 aromatic heterocycles. The van der Waals surface area contributed by atoms with Crippen molar-refractivity contribution in [3.8, 4) is 0 Å². The molecule has 5 nitrogen and oxygen atoms in total. The lowest BCUT2D eigenvalue weighted by molar-refractivity contribution is -0.114. The first-order valence-corrected chi connectivity index (χ1v) is 6.85. The molecule has 1 amide bonds. The van der Waals surface area contributed by atoms with Crippen LogP contribution < -0.4 is 5.32 Å². The van der Waals surface area contributed by atoms with Crippen LogP contribution >= 0.6 is 0 Å². The molecule has 2 heterocycles. The molecule has 0 spiro atoms. The predicted molar refractivity (Wildman–Crippen MR) is 79.2 cm³/mol. The van der Waals surface area contributed by atoms with Gasteiger partial charge >= 0.3 is 0 Å². The molecule has 0 radical (unpaired) electrons. The zero-order valence-electron chi connectivity index (χ0n) is 11.8. The van der Waals surface area contributed by atoms with E-state index in [2.05, 4.69) is 10.3 Å². The summed E-state index contributed by atoms with van der Waals surface area (Å²) in [5.41, 5.74) is 3.77. The quantitative estimate of drug-likeness (QED) is 0.905. The van der Waals surface area contributed by atoms with Gasteiger partial charge in [-0.2, -0.15) is 0 Å². The highest BCUT2D eigenvalue weighted by Gasteiger charge is 2.28. The van der Waals surface area contributed by atoms with Crippen LogP contribution in [-0.4, -0.2) is 20.9 Å². The van der Waals surface area contributed by atoms with Crippen molar-refractivity contribution in [2.75, 3.05) is 5.32 Å². The molecule has 0 fully saturated rings. The molecule has 2 aromatic rings. The van der Waals surface area contributed by atoms with Crippen LogP contribution in [0.4, 0.5) is 5.69 Å². The van der Waals surface area contributed by atoms with Gasteiger partial charge in [0, 0.05) is 43.7 Å². The van der Waals surface area contributed by atoms with Crippen LogP contribution in [0.3, 0.4) is 0 Å². The van der Waals surface area contributed by atoms with Crippen molar-refractivity contribution in [1.29, 1.82) is 0 Å². The molecule has 3 rings (SSSR count). The van der Waals surface area contributed by atoms with Crippen LogP contribution in [0.1, 0.15) is 29.8 Å². The van der Waals surface area contributed by atoms with Gasteiger partial charge in [0.1, 0.15) is 6.23 Å². The Hall–Kier alpha value is -2.24. The Bertz CT molecular complexity index is 658. The molecule has 0 bridgehead atoms. The number of nitrogens with zero attached hydrogens (tertiary/aromatic N) is 2. The summed E-state index contributed by atoms with van der Waals surface area (Å²) in [5.74, 6) is -0.115. The second kappa shape index (κ2) is 5.63. The number of aromatic nitrogens is 1. The number of amides is 1. The highest BCUT2D eigenvalue weighted by molar-refractivity contribution is 5.88. The minimum Gasteiger partial charge on any atom is -0.374 e. The first-order valence-electron chi connectivity index (χ1n) is 6.85. The maximum atomic E-state index is 11.1. The van der Waals surface area contributed by atoms with Crippen molar-refractivity contribution in [1.82, 2.24) is 9.88 Å².